The first-order valence-electron chi connectivity index (χ1n) is 7.29. The van der Waals surface area contributed by atoms with E-state index in [4.69, 9.17) is 18.9 Å². The predicted molar refractivity (Wildman–Crippen MR) is 68.5 cm³/mol. The van der Waals surface area contributed by atoms with Crippen LogP contribution in [-0.2, 0) is 18.9 Å². The fourth-order valence-electron chi connectivity index (χ4n) is 2.03. The standard InChI is InChI=1S/C14H26O4/c1-3-5-6-7-14(4-2,17-10-12-8-15-12)18-11-13-9-16-13/h12-13H,3-11H2,1-2H3. The van der Waals surface area contributed by atoms with E-state index in [9.17, 15) is 0 Å². The lowest BCUT2D eigenvalue weighted by molar-refractivity contribution is -0.246. The molecule has 106 valence electrons. The van der Waals surface area contributed by atoms with Crippen LogP contribution in [0.1, 0.15) is 46.0 Å². The number of epoxide rings is 2. The van der Waals surface area contributed by atoms with Crippen LogP contribution in [-0.4, -0.2) is 44.4 Å². The third-order valence-corrected chi connectivity index (χ3v) is 3.57. The van der Waals surface area contributed by atoms with Gasteiger partial charge in [0.1, 0.15) is 12.2 Å². The van der Waals surface area contributed by atoms with E-state index < -0.39 is 5.79 Å². The van der Waals surface area contributed by atoms with Crippen molar-refractivity contribution in [3.05, 3.63) is 0 Å². The molecule has 0 N–H and O–H groups in total. The molecular formula is C14H26O4. The number of ether oxygens (including phenoxy) is 4. The molecule has 18 heavy (non-hydrogen) atoms. The third-order valence-electron chi connectivity index (χ3n) is 3.57. The summed E-state index contributed by atoms with van der Waals surface area (Å²) < 4.78 is 22.5. The van der Waals surface area contributed by atoms with Gasteiger partial charge in [0.15, 0.2) is 5.79 Å². The van der Waals surface area contributed by atoms with Crippen LogP contribution in [0, 0.1) is 0 Å². The van der Waals surface area contributed by atoms with E-state index in [0.29, 0.717) is 25.4 Å². The van der Waals surface area contributed by atoms with Crippen LogP contribution in [0.15, 0.2) is 0 Å². The highest BCUT2D eigenvalue weighted by molar-refractivity contribution is 4.76. The van der Waals surface area contributed by atoms with Crippen LogP contribution < -0.4 is 0 Å². The Morgan fingerprint density at radius 1 is 1.00 bits per heavy atom. The molecule has 0 aliphatic carbocycles. The number of rotatable bonds is 11. The van der Waals surface area contributed by atoms with Gasteiger partial charge in [0.2, 0.25) is 0 Å². The molecular weight excluding hydrogens is 232 g/mol. The van der Waals surface area contributed by atoms with Crippen molar-refractivity contribution in [3.63, 3.8) is 0 Å². The fraction of sp³-hybridized carbons (Fsp3) is 1.00. The Balaban J connectivity index is 1.78. The maximum Gasteiger partial charge on any atom is 0.168 e. The van der Waals surface area contributed by atoms with Crippen molar-refractivity contribution in [1.29, 1.82) is 0 Å². The van der Waals surface area contributed by atoms with Gasteiger partial charge >= 0.3 is 0 Å². The van der Waals surface area contributed by atoms with Crippen LogP contribution >= 0.6 is 0 Å². The SMILES string of the molecule is CCCCCC(CC)(OCC1CO1)OCC1CO1. The molecule has 4 nitrogen and oxygen atoms in total. The van der Waals surface area contributed by atoms with Crippen molar-refractivity contribution in [1.82, 2.24) is 0 Å². The minimum Gasteiger partial charge on any atom is -0.371 e. The largest absolute Gasteiger partial charge is 0.371 e. The maximum atomic E-state index is 6.02. The summed E-state index contributed by atoms with van der Waals surface area (Å²) in [7, 11) is 0. The van der Waals surface area contributed by atoms with Gasteiger partial charge in [0, 0.05) is 6.42 Å². The minimum atomic E-state index is -0.424. The Morgan fingerprint density at radius 2 is 1.56 bits per heavy atom. The summed E-state index contributed by atoms with van der Waals surface area (Å²) in [6.45, 7) is 7.33. The zero-order chi connectivity index (χ0) is 12.8. The Labute approximate surface area is 110 Å². The van der Waals surface area contributed by atoms with E-state index in [1.807, 2.05) is 0 Å². The molecule has 2 aliphatic heterocycles. The molecule has 0 saturated carbocycles. The average molecular weight is 258 g/mol. The molecule has 2 fully saturated rings. The number of hydrogen-bond donors (Lipinski definition) is 0. The average Bonchev–Trinajstić information content (AvgIpc) is 3.27. The van der Waals surface area contributed by atoms with Crippen LogP contribution in [0.25, 0.3) is 0 Å². The molecule has 2 heterocycles. The van der Waals surface area contributed by atoms with Gasteiger partial charge in [-0.1, -0.05) is 26.7 Å². The second-order valence-corrected chi connectivity index (χ2v) is 5.25. The van der Waals surface area contributed by atoms with E-state index in [1.165, 1.54) is 12.8 Å². The first-order chi connectivity index (χ1) is 8.78. The molecule has 2 saturated heterocycles. The van der Waals surface area contributed by atoms with Crippen molar-refractivity contribution in [2.75, 3.05) is 26.4 Å². The van der Waals surface area contributed by atoms with Crippen molar-refractivity contribution in [2.24, 2.45) is 0 Å². The lowest BCUT2D eigenvalue weighted by Gasteiger charge is -2.33. The number of unbranched alkanes of at least 4 members (excludes halogenated alkanes) is 2. The van der Waals surface area contributed by atoms with Gasteiger partial charge in [-0.2, -0.15) is 0 Å². The zero-order valence-electron chi connectivity index (χ0n) is 11.7. The Morgan fingerprint density at radius 3 is 1.94 bits per heavy atom. The summed E-state index contributed by atoms with van der Waals surface area (Å²) in [4.78, 5) is 0. The maximum absolute atomic E-state index is 6.02. The predicted octanol–water partition coefficient (Wildman–Crippen LogP) is 2.50. The lowest BCUT2D eigenvalue weighted by Crippen LogP contribution is -2.38. The highest BCUT2D eigenvalue weighted by Crippen LogP contribution is 2.28. The quantitative estimate of drug-likeness (QED) is 0.324. The second-order valence-electron chi connectivity index (χ2n) is 5.25. The van der Waals surface area contributed by atoms with E-state index in [-0.39, 0.29) is 0 Å². The van der Waals surface area contributed by atoms with E-state index >= 15 is 0 Å². The minimum absolute atomic E-state index is 0.294. The molecule has 0 aromatic heterocycles. The van der Waals surface area contributed by atoms with Crippen molar-refractivity contribution < 1.29 is 18.9 Å². The van der Waals surface area contributed by atoms with E-state index in [2.05, 4.69) is 13.8 Å². The van der Waals surface area contributed by atoms with Gasteiger partial charge in [-0.05, 0) is 12.8 Å². The summed E-state index contributed by atoms with van der Waals surface area (Å²) in [6, 6.07) is 0. The molecule has 0 radical (unpaired) electrons. The topological polar surface area (TPSA) is 43.5 Å². The van der Waals surface area contributed by atoms with Crippen LogP contribution in [0.4, 0.5) is 0 Å². The molecule has 2 aliphatic rings. The zero-order valence-corrected chi connectivity index (χ0v) is 11.7. The molecule has 0 aromatic rings. The summed E-state index contributed by atoms with van der Waals surface area (Å²) in [5.41, 5.74) is 0. The number of hydrogen-bond acceptors (Lipinski definition) is 4. The highest BCUT2D eigenvalue weighted by atomic mass is 16.7. The molecule has 0 aromatic carbocycles. The normalized spacial score (nSPS) is 29.0. The third kappa shape index (κ3) is 4.84. The summed E-state index contributed by atoms with van der Waals surface area (Å²) >= 11 is 0. The molecule has 0 bridgehead atoms. The van der Waals surface area contributed by atoms with Gasteiger partial charge < -0.3 is 18.9 Å². The Hall–Kier alpha value is -0.160. The highest BCUT2D eigenvalue weighted by Gasteiger charge is 2.35. The van der Waals surface area contributed by atoms with Gasteiger partial charge in [0.25, 0.3) is 0 Å². The molecule has 0 amide bonds. The van der Waals surface area contributed by atoms with Crippen molar-refractivity contribution in [2.45, 2.75) is 63.9 Å². The smallest absolute Gasteiger partial charge is 0.168 e. The van der Waals surface area contributed by atoms with Crippen LogP contribution in [0.2, 0.25) is 0 Å². The van der Waals surface area contributed by atoms with E-state index in [1.54, 1.807) is 0 Å². The molecule has 2 atom stereocenters. The first-order valence-corrected chi connectivity index (χ1v) is 7.29. The van der Waals surface area contributed by atoms with Gasteiger partial charge in [-0.15, -0.1) is 0 Å². The van der Waals surface area contributed by atoms with Crippen LogP contribution in [0.5, 0.6) is 0 Å². The fourth-order valence-corrected chi connectivity index (χ4v) is 2.03. The van der Waals surface area contributed by atoms with E-state index in [0.717, 1.165) is 32.5 Å². The first kappa shape index (κ1) is 14.3. The molecule has 2 rings (SSSR count). The second kappa shape index (κ2) is 6.85. The molecule has 4 heteroatoms. The lowest BCUT2D eigenvalue weighted by atomic mass is 10.0. The Kier molecular flexibility index (Phi) is 5.42. The van der Waals surface area contributed by atoms with Crippen molar-refractivity contribution >= 4 is 0 Å². The van der Waals surface area contributed by atoms with Gasteiger partial charge in [-0.25, -0.2) is 0 Å². The summed E-state index contributed by atoms with van der Waals surface area (Å²) in [5.74, 6) is -0.424. The summed E-state index contributed by atoms with van der Waals surface area (Å²) in [6.07, 6.45) is 6.05. The van der Waals surface area contributed by atoms with Gasteiger partial charge in [0.05, 0.1) is 26.4 Å². The van der Waals surface area contributed by atoms with Gasteiger partial charge in [-0.3, -0.25) is 0 Å². The summed E-state index contributed by atoms with van der Waals surface area (Å²) in [5, 5.41) is 0. The molecule has 0 spiro atoms. The van der Waals surface area contributed by atoms with Crippen molar-refractivity contribution in [3.8, 4) is 0 Å². The Bertz CT molecular complexity index is 220. The molecule has 2 unspecified atom stereocenters. The monoisotopic (exact) mass is 258 g/mol. The van der Waals surface area contributed by atoms with Crippen LogP contribution in [0.3, 0.4) is 0 Å².